The molecule has 0 bridgehead atoms. The molecular formula is C11H17N3O4S. The van der Waals surface area contributed by atoms with Gasteiger partial charge in [0.1, 0.15) is 5.75 Å². The summed E-state index contributed by atoms with van der Waals surface area (Å²) in [4.78, 5) is 11.6. The van der Waals surface area contributed by atoms with Crippen molar-refractivity contribution in [3.8, 4) is 5.75 Å². The van der Waals surface area contributed by atoms with Crippen molar-refractivity contribution in [2.45, 2.75) is 24.3 Å². The topological polar surface area (TPSA) is 125 Å². The lowest BCUT2D eigenvalue weighted by Crippen LogP contribution is -2.35. The highest BCUT2D eigenvalue weighted by Gasteiger charge is 2.16. The van der Waals surface area contributed by atoms with E-state index in [1.807, 2.05) is 0 Å². The lowest BCUT2D eigenvalue weighted by Gasteiger charge is -2.14. The van der Waals surface area contributed by atoms with E-state index >= 15 is 0 Å². The van der Waals surface area contributed by atoms with Crippen molar-refractivity contribution in [1.82, 2.24) is 0 Å². The van der Waals surface area contributed by atoms with E-state index in [0.717, 1.165) is 0 Å². The number of ether oxygens (including phenoxy) is 1. The summed E-state index contributed by atoms with van der Waals surface area (Å²) in [5.74, 6) is -0.101. The minimum absolute atomic E-state index is 0.117. The van der Waals surface area contributed by atoms with Crippen LogP contribution in [0.25, 0.3) is 0 Å². The van der Waals surface area contributed by atoms with E-state index in [2.05, 4.69) is 5.32 Å². The van der Waals surface area contributed by atoms with Crippen LogP contribution >= 0.6 is 0 Å². The molecule has 0 aliphatic carbocycles. The van der Waals surface area contributed by atoms with Crippen LogP contribution in [0, 0.1) is 0 Å². The van der Waals surface area contributed by atoms with E-state index in [0.29, 0.717) is 12.2 Å². The Labute approximate surface area is 112 Å². The third-order valence-electron chi connectivity index (χ3n) is 2.53. The Morgan fingerprint density at radius 1 is 1.47 bits per heavy atom. The Morgan fingerprint density at radius 2 is 2.11 bits per heavy atom. The van der Waals surface area contributed by atoms with Crippen LogP contribution in [0.5, 0.6) is 5.75 Å². The summed E-state index contributed by atoms with van der Waals surface area (Å²) in [5, 5.41) is 7.54. The van der Waals surface area contributed by atoms with Crippen LogP contribution in [0.4, 0.5) is 5.69 Å². The molecule has 0 aliphatic rings. The van der Waals surface area contributed by atoms with Gasteiger partial charge in [-0.1, -0.05) is 6.92 Å². The van der Waals surface area contributed by atoms with Crippen molar-refractivity contribution in [1.29, 1.82) is 0 Å². The van der Waals surface area contributed by atoms with Crippen LogP contribution in [-0.4, -0.2) is 27.5 Å². The van der Waals surface area contributed by atoms with Gasteiger partial charge >= 0.3 is 0 Å². The fourth-order valence-corrected chi connectivity index (χ4v) is 1.91. The molecule has 0 saturated heterocycles. The Bertz CT molecular complexity index is 571. The molecule has 0 heterocycles. The van der Waals surface area contributed by atoms with Gasteiger partial charge < -0.3 is 15.8 Å². The standard InChI is InChI=1S/C11H17N3O4S/c1-3-8(12)11(15)14-9-6-7(19(13,16)17)4-5-10(9)18-2/h4-6,8H,3,12H2,1-2H3,(H,14,15)(H2,13,16,17). The fraction of sp³-hybridized carbons (Fsp3) is 0.364. The maximum Gasteiger partial charge on any atom is 0.241 e. The first kappa shape index (κ1) is 15.4. The minimum atomic E-state index is -3.85. The second-order valence-electron chi connectivity index (χ2n) is 3.91. The number of anilines is 1. The number of benzene rings is 1. The number of amides is 1. The first-order valence-corrected chi connectivity index (χ1v) is 7.11. The van der Waals surface area contributed by atoms with Crippen molar-refractivity contribution < 1.29 is 17.9 Å². The zero-order valence-electron chi connectivity index (χ0n) is 10.7. The number of methoxy groups -OCH3 is 1. The third-order valence-corrected chi connectivity index (χ3v) is 3.44. The van der Waals surface area contributed by atoms with E-state index in [-0.39, 0.29) is 10.6 Å². The molecule has 0 saturated carbocycles. The molecule has 0 spiro atoms. The predicted octanol–water partition coefficient (Wildman–Crippen LogP) is 0.0184. The van der Waals surface area contributed by atoms with Crippen molar-refractivity contribution in [2.24, 2.45) is 10.9 Å². The van der Waals surface area contributed by atoms with Gasteiger partial charge in [-0.3, -0.25) is 4.79 Å². The SMILES string of the molecule is CCC(N)C(=O)Nc1cc(S(N)(=O)=O)ccc1OC. The Kier molecular flexibility index (Phi) is 4.87. The minimum Gasteiger partial charge on any atom is -0.495 e. The van der Waals surface area contributed by atoms with Crippen LogP contribution < -0.4 is 20.9 Å². The summed E-state index contributed by atoms with van der Waals surface area (Å²) in [6.07, 6.45) is 0.461. The van der Waals surface area contributed by atoms with Crippen molar-refractivity contribution in [3.63, 3.8) is 0 Å². The lowest BCUT2D eigenvalue weighted by atomic mass is 10.2. The van der Waals surface area contributed by atoms with Gasteiger partial charge in [0.2, 0.25) is 15.9 Å². The van der Waals surface area contributed by atoms with Gasteiger partial charge in [-0.2, -0.15) is 0 Å². The number of sulfonamides is 1. The van der Waals surface area contributed by atoms with E-state index in [1.165, 1.54) is 25.3 Å². The third kappa shape index (κ3) is 3.91. The number of rotatable bonds is 5. The molecule has 0 fully saturated rings. The van der Waals surface area contributed by atoms with Gasteiger partial charge in [0.25, 0.3) is 0 Å². The molecule has 0 aromatic heterocycles. The zero-order valence-corrected chi connectivity index (χ0v) is 11.5. The quantitative estimate of drug-likeness (QED) is 0.704. The first-order valence-electron chi connectivity index (χ1n) is 5.57. The van der Waals surface area contributed by atoms with E-state index < -0.39 is 22.0 Å². The van der Waals surface area contributed by atoms with E-state index in [4.69, 9.17) is 15.6 Å². The highest BCUT2D eigenvalue weighted by Crippen LogP contribution is 2.27. The first-order chi connectivity index (χ1) is 8.79. The van der Waals surface area contributed by atoms with Gasteiger partial charge in [-0.15, -0.1) is 0 Å². The number of hydrogen-bond acceptors (Lipinski definition) is 5. The molecule has 1 atom stereocenters. The molecule has 1 unspecified atom stereocenters. The van der Waals surface area contributed by atoms with Crippen molar-refractivity contribution in [2.75, 3.05) is 12.4 Å². The second-order valence-corrected chi connectivity index (χ2v) is 5.47. The number of primary sulfonamides is 1. The van der Waals surface area contributed by atoms with Crippen LogP contribution in [0.2, 0.25) is 0 Å². The maximum absolute atomic E-state index is 11.7. The summed E-state index contributed by atoms with van der Waals surface area (Å²) in [6.45, 7) is 1.77. The number of carbonyl (C=O) groups excluding carboxylic acids is 1. The highest BCUT2D eigenvalue weighted by molar-refractivity contribution is 7.89. The fourth-order valence-electron chi connectivity index (χ4n) is 1.37. The molecule has 5 N–H and O–H groups in total. The zero-order chi connectivity index (χ0) is 14.6. The molecule has 1 aromatic carbocycles. The lowest BCUT2D eigenvalue weighted by molar-refractivity contribution is -0.117. The molecular weight excluding hydrogens is 270 g/mol. The van der Waals surface area contributed by atoms with Crippen LogP contribution in [0.3, 0.4) is 0 Å². The van der Waals surface area contributed by atoms with Gasteiger partial charge in [-0.25, -0.2) is 13.6 Å². The summed E-state index contributed by atoms with van der Waals surface area (Å²) in [7, 11) is -2.45. The molecule has 0 radical (unpaired) electrons. The van der Waals surface area contributed by atoms with Crippen molar-refractivity contribution in [3.05, 3.63) is 18.2 Å². The largest absolute Gasteiger partial charge is 0.495 e. The predicted molar refractivity (Wildman–Crippen MR) is 71.3 cm³/mol. The second kappa shape index (κ2) is 6.00. The molecule has 1 amide bonds. The summed E-state index contributed by atoms with van der Waals surface area (Å²) < 4.78 is 27.6. The Balaban J connectivity index is 3.14. The van der Waals surface area contributed by atoms with E-state index in [1.54, 1.807) is 6.92 Å². The normalized spacial score (nSPS) is 12.8. The highest BCUT2D eigenvalue weighted by atomic mass is 32.2. The smallest absolute Gasteiger partial charge is 0.241 e. The number of carbonyl (C=O) groups is 1. The summed E-state index contributed by atoms with van der Waals surface area (Å²) >= 11 is 0. The summed E-state index contributed by atoms with van der Waals surface area (Å²) in [5.41, 5.74) is 5.79. The van der Waals surface area contributed by atoms with Crippen LogP contribution in [0.15, 0.2) is 23.1 Å². The van der Waals surface area contributed by atoms with E-state index in [9.17, 15) is 13.2 Å². The number of nitrogens with two attached hydrogens (primary N) is 2. The average molecular weight is 287 g/mol. The van der Waals surface area contributed by atoms with Crippen LogP contribution in [-0.2, 0) is 14.8 Å². The molecule has 0 aliphatic heterocycles. The number of nitrogens with one attached hydrogen (secondary N) is 1. The van der Waals surface area contributed by atoms with Crippen LogP contribution in [0.1, 0.15) is 13.3 Å². The Hall–Kier alpha value is -1.64. The van der Waals surface area contributed by atoms with Gasteiger partial charge in [-0.05, 0) is 24.6 Å². The Morgan fingerprint density at radius 3 is 2.58 bits per heavy atom. The summed E-state index contributed by atoms with van der Waals surface area (Å²) in [6, 6.07) is 3.26. The molecule has 1 rings (SSSR count). The number of hydrogen-bond donors (Lipinski definition) is 3. The van der Waals surface area contributed by atoms with Crippen molar-refractivity contribution >= 4 is 21.6 Å². The van der Waals surface area contributed by atoms with Gasteiger partial charge in [0.05, 0.1) is 23.7 Å². The maximum atomic E-state index is 11.7. The average Bonchev–Trinajstić information content (AvgIpc) is 2.36. The van der Waals surface area contributed by atoms with Gasteiger partial charge in [0.15, 0.2) is 0 Å². The molecule has 106 valence electrons. The molecule has 1 aromatic rings. The molecule has 19 heavy (non-hydrogen) atoms. The monoisotopic (exact) mass is 287 g/mol. The molecule has 8 heteroatoms. The molecule has 7 nitrogen and oxygen atoms in total. The van der Waals surface area contributed by atoms with Gasteiger partial charge in [0, 0.05) is 0 Å².